The molecule has 2 aromatic carbocycles. The smallest absolute Gasteiger partial charge is 0.267 e. The summed E-state index contributed by atoms with van der Waals surface area (Å²) < 4.78 is 26.3. The summed E-state index contributed by atoms with van der Waals surface area (Å²) in [4.78, 5) is 17.2. The van der Waals surface area contributed by atoms with Gasteiger partial charge in [0, 0.05) is 11.4 Å². The lowest BCUT2D eigenvalue weighted by Crippen LogP contribution is -2.12. The second kappa shape index (κ2) is 6.98. The highest BCUT2D eigenvalue weighted by atomic mass is 32.1. The molecule has 3 aromatic rings. The minimum atomic E-state index is -0.416. The standard InChI is InChI=1S/C18H15F2N3OS/c1-10-3-4-13(20)9-15(10)23-17(24)16-11(2)21-18(25-16)22-14-7-5-12(19)6-8-14/h3-9H,1-2H3,(H,21,22)(H,23,24). The number of nitrogens with zero attached hydrogens (tertiary/aromatic N) is 1. The normalized spacial score (nSPS) is 10.6. The van der Waals surface area contributed by atoms with Crippen molar-refractivity contribution < 1.29 is 13.6 Å². The molecule has 1 aromatic heterocycles. The first-order valence-corrected chi connectivity index (χ1v) is 8.31. The molecule has 1 heterocycles. The number of carbonyl (C=O) groups is 1. The summed E-state index contributed by atoms with van der Waals surface area (Å²) >= 11 is 1.17. The van der Waals surface area contributed by atoms with Gasteiger partial charge >= 0.3 is 0 Å². The fourth-order valence-corrected chi connectivity index (χ4v) is 3.11. The fraction of sp³-hybridized carbons (Fsp3) is 0.111. The van der Waals surface area contributed by atoms with Crippen LogP contribution < -0.4 is 10.6 Å². The van der Waals surface area contributed by atoms with Crippen molar-refractivity contribution in [3.8, 4) is 0 Å². The molecular weight excluding hydrogens is 344 g/mol. The van der Waals surface area contributed by atoms with Gasteiger partial charge < -0.3 is 10.6 Å². The summed E-state index contributed by atoms with van der Waals surface area (Å²) in [6.45, 7) is 3.51. The number of nitrogens with one attached hydrogen (secondary N) is 2. The minimum absolute atomic E-state index is 0.327. The molecule has 0 saturated heterocycles. The Morgan fingerprint density at radius 1 is 1.04 bits per heavy atom. The zero-order valence-corrected chi connectivity index (χ0v) is 14.4. The number of amides is 1. The molecule has 0 saturated carbocycles. The SMILES string of the molecule is Cc1ccc(F)cc1NC(=O)c1sc(Nc2ccc(F)cc2)nc1C. The zero-order chi connectivity index (χ0) is 18.0. The first-order valence-electron chi connectivity index (χ1n) is 7.50. The summed E-state index contributed by atoms with van der Waals surface area (Å²) in [5.41, 5.74) is 2.41. The van der Waals surface area contributed by atoms with Crippen LogP contribution >= 0.6 is 11.3 Å². The van der Waals surface area contributed by atoms with E-state index in [0.717, 1.165) is 5.56 Å². The van der Waals surface area contributed by atoms with E-state index in [-0.39, 0.29) is 11.7 Å². The van der Waals surface area contributed by atoms with Crippen molar-refractivity contribution in [1.29, 1.82) is 0 Å². The molecule has 4 nitrogen and oxygen atoms in total. The second-order valence-corrected chi connectivity index (χ2v) is 6.48. The monoisotopic (exact) mass is 359 g/mol. The van der Waals surface area contributed by atoms with Gasteiger partial charge in [-0.15, -0.1) is 0 Å². The molecule has 0 radical (unpaired) electrons. The summed E-state index contributed by atoms with van der Waals surface area (Å²) in [6, 6.07) is 10.1. The van der Waals surface area contributed by atoms with Crippen LogP contribution in [0.5, 0.6) is 0 Å². The van der Waals surface area contributed by atoms with Crippen molar-refractivity contribution in [2.24, 2.45) is 0 Å². The van der Waals surface area contributed by atoms with E-state index >= 15 is 0 Å². The molecule has 0 fully saturated rings. The molecule has 128 valence electrons. The minimum Gasteiger partial charge on any atom is -0.332 e. The zero-order valence-electron chi connectivity index (χ0n) is 13.6. The summed E-state index contributed by atoms with van der Waals surface area (Å²) in [6.07, 6.45) is 0. The lowest BCUT2D eigenvalue weighted by atomic mass is 10.2. The molecule has 0 spiro atoms. The lowest BCUT2D eigenvalue weighted by molar-refractivity contribution is 0.102. The Labute approximate surface area is 147 Å². The van der Waals surface area contributed by atoms with Crippen LogP contribution in [0.1, 0.15) is 20.9 Å². The van der Waals surface area contributed by atoms with E-state index in [1.807, 2.05) is 0 Å². The number of aromatic nitrogens is 1. The van der Waals surface area contributed by atoms with Crippen molar-refractivity contribution in [1.82, 2.24) is 4.98 Å². The van der Waals surface area contributed by atoms with Gasteiger partial charge in [-0.05, 0) is 55.8 Å². The Morgan fingerprint density at radius 3 is 2.44 bits per heavy atom. The van der Waals surface area contributed by atoms with Gasteiger partial charge in [0.1, 0.15) is 16.5 Å². The van der Waals surface area contributed by atoms with Crippen molar-refractivity contribution in [2.75, 3.05) is 10.6 Å². The van der Waals surface area contributed by atoms with Crippen LogP contribution in [0.25, 0.3) is 0 Å². The van der Waals surface area contributed by atoms with E-state index < -0.39 is 5.82 Å². The summed E-state index contributed by atoms with van der Waals surface area (Å²) in [5.74, 6) is -1.09. The van der Waals surface area contributed by atoms with Crippen LogP contribution in [-0.2, 0) is 0 Å². The molecule has 0 bridgehead atoms. The number of hydrogen-bond acceptors (Lipinski definition) is 4. The van der Waals surface area contributed by atoms with Crippen LogP contribution in [0.3, 0.4) is 0 Å². The number of benzene rings is 2. The third-order valence-corrected chi connectivity index (χ3v) is 4.62. The third kappa shape index (κ3) is 4.00. The molecule has 25 heavy (non-hydrogen) atoms. The lowest BCUT2D eigenvalue weighted by Gasteiger charge is -2.07. The summed E-state index contributed by atoms with van der Waals surface area (Å²) in [5, 5.41) is 6.26. The van der Waals surface area contributed by atoms with E-state index in [4.69, 9.17) is 0 Å². The topological polar surface area (TPSA) is 54.0 Å². The van der Waals surface area contributed by atoms with E-state index in [0.29, 0.717) is 27.1 Å². The Morgan fingerprint density at radius 2 is 1.72 bits per heavy atom. The Bertz CT molecular complexity index is 923. The van der Waals surface area contributed by atoms with Gasteiger partial charge in [-0.1, -0.05) is 17.4 Å². The van der Waals surface area contributed by atoms with Gasteiger partial charge in [-0.3, -0.25) is 4.79 Å². The van der Waals surface area contributed by atoms with E-state index in [9.17, 15) is 13.6 Å². The molecule has 0 aliphatic heterocycles. The van der Waals surface area contributed by atoms with Gasteiger partial charge in [0.25, 0.3) is 5.91 Å². The number of rotatable bonds is 4. The molecule has 0 aliphatic rings. The molecular formula is C18H15F2N3OS. The van der Waals surface area contributed by atoms with Gasteiger partial charge in [-0.2, -0.15) is 0 Å². The number of halogens is 2. The fourth-order valence-electron chi connectivity index (χ4n) is 2.23. The number of hydrogen-bond donors (Lipinski definition) is 2. The maximum absolute atomic E-state index is 13.4. The van der Waals surface area contributed by atoms with Crippen LogP contribution in [0, 0.1) is 25.5 Å². The van der Waals surface area contributed by atoms with Crippen molar-refractivity contribution in [3.05, 3.63) is 70.2 Å². The highest BCUT2D eigenvalue weighted by Crippen LogP contribution is 2.27. The van der Waals surface area contributed by atoms with Gasteiger partial charge in [0.15, 0.2) is 5.13 Å². The quantitative estimate of drug-likeness (QED) is 0.687. The van der Waals surface area contributed by atoms with E-state index in [1.54, 1.807) is 32.0 Å². The number of aryl methyl sites for hydroxylation is 2. The molecule has 2 N–H and O–H groups in total. The van der Waals surface area contributed by atoms with Crippen molar-refractivity contribution in [3.63, 3.8) is 0 Å². The Balaban J connectivity index is 1.78. The predicted molar refractivity (Wildman–Crippen MR) is 95.6 cm³/mol. The van der Waals surface area contributed by atoms with Gasteiger partial charge in [0.2, 0.25) is 0 Å². The van der Waals surface area contributed by atoms with E-state index in [2.05, 4.69) is 15.6 Å². The Hall–Kier alpha value is -2.80. The van der Waals surface area contributed by atoms with Crippen LogP contribution in [0.15, 0.2) is 42.5 Å². The molecule has 0 unspecified atom stereocenters. The average molecular weight is 359 g/mol. The number of anilines is 3. The van der Waals surface area contributed by atoms with Crippen molar-refractivity contribution in [2.45, 2.75) is 13.8 Å². The summed E-state index contributed by atoms with van der Waals surface area (Å²) in [7, 11) is 0. The maximum Gasteiger partial charge on any atom is 0.267 e. The molecule has 7 heteroatoms. The Kier molecular flexibility index (Phi) is 4.76. The van der Waals surface area contributed by atoms with Crippen LogP contribution in [0.4, 0.5) is 25.3 Å². The molecule has 0 aliphatic carbocycles. The first kappa shape index (κ1) is 17.0. The number of carbonyl (C=O) groups excluding carboxylic acids is 1. The molecule has 3 rings (SSSR count). The predicted octanol–water partition coefficient (Wildman–Crippen LogP) is 5.03. The molecule has 1 amide bonds. The largest absolute Gasteiger partial charge is 0.332 e. The highest BCUT2D eigenvalue weighted by Gasteiger charge is 2.16. The third-order valence-electron chi connectivity index (χ3n) is 3.55. The first-order chi connectivity index (χ1) is 11.9. The average Bonchev–Trinajstić information content (AvgIpc) is 2.93. The van der Waals surface area contributed by atoms with Gasteiger partial charge in [0.05, 0.1) is 5.69 Å². The van der Waals surface area contributed by atoms with E-state index in [1.165, 1.54) is 35.6 Å². The van der Waals surface area contributed by atoms with Gasteiger partial charge in [-0.25, -0.2) is 13.8 Å². The van der Waals surface area contributed by atoms with Crippen LogP contribution in [-0.4, -0.2) is 10.9 Å². The highest BCUT2D eigenvalue weighted by molar-refractivity contribution is 7.17. The number of thiazole rings is 1. The molecule has 0 atom stereocenters. The second-order valence-electron chi connectivity index (χ2n) is 5.48. The van der Waals surface area contributed by atoms with Crippen LogP contribution in [0.2, 0.25) is 0 Å². The van der Waals surface area contributed by atoms with Crippen molar-refractivity contribution >= 4 is 33.8 Å². The maximum atomic E-state index is 13.4.